The molecule has 0 aromatic rings. The van der Waals surface area contributed by atoms with Crippen molar-refractivity contribution >= 4 is 5.91 Å². The zero-order valence-electron chi connectivity index (χ0n) is 12.0. The van der Waals surface area contributed by atoms with Crippen LogP contribution in [0.4, 0.5) is 0 Å². The average Bonchev–Trinajstić information content (AvgIpc) is 3.15. The second kappa shape index (κ2) is 5.82. The van der Waals surface area contributed by atoms with Crippen molar-refractivity contribution in [3.05, 3.63) is 0 Å². The summed E-state index contributed by atoms with van der Waals surface area (Å²) in [6.45, 7) is 1.60. The molecule has 3 heteroatoms. The number of hydrogen-bond acceptors (Lipinski definition) is 2. The molecule has 0 spiro atoms. The van der Waals surface area contributed by atoms with Gasteiger partial charge in [0, 0.05) is 18.5 Å². The Hall–Kier alpha value is -0.570. The van der Waals surface area contributed by atoms with Crippen molar-refractivity contribution in [2.75, 3.05) is 13.1 Å². The van der Waals surface area contributed by atoms with E-state index in [4.69, 9.17) is 5.73 Å². The SMILES string of the molecule is NCCCN(C(=O)C1CC2CCC1C2)C1CCCC1. The van der Waals surface area contributed by atoms with E-state index in [1.165, 1.54) is 51.4 Å². The monoisotopic (exact) mass is 264 g/mol. The Kier molecular flexibility index (Phi) is 4.11. The first-order chi connectivity index (χ1) is 9.29. The number of carbonyl (C=O) groups is 1. The van der Waals surface area contributed by atoms with Crippen LogP contribution < -0.4 is 5.73 Å². The number of rotatable bonds is 5. The summed E-state index contributed by atoms with van der Waals surface area (Å²) in [6.07, 6.45) is 11.2. The van der Waals surface area contributed by atoms with Gasteiger partial charge in [0.05, 0.1) is 0 Å². The van der Waals surface area contributed by atoms with Crippen molar-refractivity contribution in [2.24, 2.45) is 23.5 Å². The molecule has 0 aromatic carbocycles. The minimum Gasteiger partial charge on any atom is -0.339 e. The minimum absolute atomic E-state index is 0.358. The third-order valence-electron chi connectivity index (χ3n) is 5.71. The minimum atomic E-state index is 0.358. The largest absolute Gasteiger partial charge is 0.339 e. The summed E-state index contributed by atoms with van der Waals surface area (Å²) in [5.74, 6) is 2.41. The van der Waals surface area contributed by atoms with E-state index in [9.17, 15) is 4.79 Å². The lowest BCUT2D eigenvalue weighted by Crippen LogP contribution is -2.44. The van der Waals surface area contributed by atoms with Crippen LogP contribution in [0.5, 0.6) is 0 Å². The molecule has 2 N–H and O–H groups in total. The van der Waals surface area contributed by atoms with Crippen LogP contribution in [-0.4, -0.2) is 29.9 Å². The van der Waals surface area contributed by atoms with Crippen molar-refractivity contribution in [1.82, 2.24) is 4.90 Å². The van der Waals surface area contributed by atoms with Crippen molar-refractivity contribution < 1.29 is 4.79 Å². The highest BCUT2D eigenvalue weighted by atomic mass is 16.2. The normalized spacial score (nSPS) is 34.1. The number of amides is 1. The van der Waals surface area contributed by atoms with Crippen molar-refractivity contribution in [3.63, 3.8) is 0 Å². The molecule has 108 valence electrons. The summed E-state index contributed by atoms with van der Waals surface area (Å²) in [6, 6.07) is 0.526. The van der Waals surface area contributed by atoms with Gasteiger partial charge in [-0.15, -0.1) is 0 Å². The molecule has 3 aliphatic rings. The summed E-state index contributed by atoms with van der Waals surface area (Å²) in [7, 11) is 0. The highest BCUT2D eigenvalue weighted by molar-refractivity contribution is 5.80. The molecule has 0 saturated heterocycles. The van der Waals surface area contributed by atoms with Gasteiger partial charge < -0.3 is 10.6 Å². The highest BCUT2D eigenvalue weighted by Gasteiger charge is 2.45. The predicted octanol–water partition coefficient (Wildman–Crippen LogP) is 2.54. The van der Waals surface area contributed by atoms with Crippen LogP contribution in [0, 0.1) is 17.8 Å². The molecule has 3 nitrogen and oxygen atoms in total. The van der Waals surface area contributed by atoms with Gasteiger partial charge in [-0.1, -0.05) is 19.3 Å². The standard InChI is InChI=1S/C16H28N2O/c17-8-3-9-18(14-4-1-2-5-14)16(19)15-11-12-6-7-13(15)10-12/h12-15H,1-11,17H2. The molecular formula is C16H28N2O. The molecule has 1 amide bonds. The Morgan fingerprint density at radius 1 is 1.11 bits per heavy atom. The van der Waals surface area contributed by atoms with Crippen LogP contribution in [0.3, 0.4) is 0 Å². The van der Waals surface area contributed by atoms with E-state index < -0.39 is 0 Å². The maximum Gasteiger partial charge on any atom is 0.226 e. The zero-order valence-corrected chi connectivity index (χ0v) is 12.0. The fourth-order valence-electron chi connectivity index (χ4n) is 4.71. The van der Waals surface area contributed by atoms with Crippen molar-refractivity contribution in [1.29, 1.82) is 0 Å². The summed E-state index contributed by atoms with van der Waals surface area (Å²) in [4.78, 5) is 15.1. The lowest BCUT2D eigenvalue weighted by atomic mass is 9.87. The number of fused-ring (bicyclic) bond motifs is 2. The molecule has 3 atom stereocenters. The molecule has 3 saturated carbocycles. The van der Waals surface area contributed by atoms with E-state index in [1.54, 1.807) is 0 Å². The Labute approximate surface area is 116 Å². The molecular weight excluding hydrogens is 236 g/mol. The van der Waals surface area contributed by atoms with E-state index in [2.05, 4.69) is 4.90 Å². The van der Waals surface area contributed by atoms with Gasteiger partial charge >= 0.3 is 0 Å². The fourth-order valence-corrected chi connectivity index (χ4v) is 4.71. The lowest BCUT2D eigenvalue weighted by Gasteiger charge is -2.34. The number of nitrogens with two attached hydrogens (primary N) is 1. The maximum atomic E-state index is 12.9. The number of carbonyl (C=O) groups excluding carboxylic acids is 1. The van der Waals surface area contributed by atoms with Crippen molar-refractivity contribution in [2.45, 2.75) is 63.8 Å². The van der Waals surface area contributed by atoms with Crippen LogP contribution in [0.2, 0.25) is 0 Å². The lowest BCUT2D eigenvalue weighted by molar-refractivity contribution is -0.139. The van der Waals surface area contributed by atoms with E-state index >= 15 is 0 Å². The van der Waals surface area contributed by atoms with Crippen molar-refractivity contribution in [3.8, 4) is 0 Å². The first kappa shape index (κ1) is 13.4. The van der Waals surface area contributed by atoms with E-state index in [-0.39, 0.29) is 0 Å². The van der Waals surface area contributed by atoms with Crippen LogP contribution in [0.1, 0.15) is 57.8 Å². The maximum absolute atomic E-state index is 12.9. The van der Waals surface area contributed by atoms with Gasteiger partial charge in [-0.05, 0) is 56.9 Å². The molecule has 3 unspecified atom stereocenters. The predicted molar refractivity (Wildman–Crippen MR) is 76.6 cm³/mol. The number of hydrogen-bond donors (Lipinski definition) is 1. The fraction of sp³-hybridized carbons (Fsp3) is 0.938. The molecule has 3 aliphatic carbocycles. The van der Waals surface area contributed by atoms with Crippen LogP contribution in [0.25, 0.3) is 0 Å². The Balaban J connectivity index is 1.65. The molecule has 0 aromatic heterocycles. The van der Waals surface area contributed by atoms with Gasteiger partial charge in [0.1, 0.15) is 0 Å². The van der Waals surface area contributed by atoms with E-state index in [0.29, 0.717) is 30.3 Å². The molecule has 3 fully saturated rings. The average molecular weight is 264 g/mol. The molecule has 3 rings (SSSR count). The quantitative estimate of drug-likeness (QED) is 0.829. The van der Waals surface area contributed by atoms with Gasteiger partial charge in [0.15, 0.2) is 0 Å². The molecule has 0 heterocycles. The first-order valence-electron chi connectivity index (χ1n) is 8.30. The van der Waals surface area contributed by atoms with Gasteiger partial charge in [0.25, 0.3) is 0 Å². The van der Waals surface area contributed by atoms with E-state index in [0.717, 1.165) is 18.9 Å². The second-order valence-corrected chi connectivity index (χ2v) is 6.89. The second-order valence-electron chi connectivity index (χ2n) is 6.89. The third-order valence-corrected chi connectivity index (χ3v) is 5.71. The van der Waals surface area contributed by atoms with Gasteiger partial charge in [-0.2, -0.15) is 0 Å². The van der Waals surface area contributed by atoms with Crippen LogP contribution in [0.15, 0.2) is 0 Å². The highest BCUT2D eigenvalue weighted by Crippen LogP contribution is 2.49. The molecule has 0 aliphatic heterocycles. The smallest absolute Gasteiger partial charge is 0.226 e. The molecule has 0 radical (unpaired) electrons. The Bertz CT molecular complexity index is 325. The number of nitrogens with zero attached hydrogens (tertiary/aromatic N) is 1. The van der Waals surface area contributed by atoms with Gasteiger partial charge in [-0.25, -0.2) is 0 Å². The molecule has 19 heavy (non-hydrogen) atoms. The topological polar surface area (TPSA) is 46.3 Å². The summed E-state index contributed by atoms with van der Waals surface area (Å²) < 4.78 is 0. The Morgan fingerprint density at radius 2 is 1.89 bits per heavy atom. The van der Waals surface area contributed by atoms with E-state index in [1.807, 2.05) is 0 Å². The Morgan fingerprint density at radius 3 is 2.47 bits per heavy atom. The van der Waals surface area contributed by atoms with Gasteiger partial charge in [-0.3, -0.25) is 4.79 Å². The summed E-state index contributed by atoms with van der Waals surface area (Å²) in [5.41, 5.74) is 5.65. The first-order valence-corrected chi connectivity index (χ1v) is 8.30. The third kappa shape index (κ3) is 2.67. The van der Waals surface area contributed by atoms with Crippen LogP contribution >= 0.6 is 0 Å². The zero-order chi connectivity index (χ0) is 13.2. The van der Waals surface area contributed by atoms with Gasteiger partial charge in [0.2, 0.25) is 5.91 Å². The van der Waals surface area contributed by atoms with Crippen LogP contribution in [-0.2, 0) is 4.79 Å². The molecule has 2 bridgehead atoms. The summed E-state index contributed by atoms with van der Waals surface area (Å²) in [5, 5.41) is 0. The summed E-state index contributed by atoms with van der Waals surface area (Å²) >= 11 is 0.